The van der Waals surface area contributed by atoms with Crippen LogP contribution in [0.3, 0.4) is 0 Å². The molecule has 0 bridgehead atoms. The van der Waals surface area contributed by atoms with Gasteiger partial charge in [-0.2, -0.15) is 0 Å². The van der Waals surface area contributed by atoms with Gasteiger partial charge in [0.15, 0.2) is 0 Å². The lowest BCUT2D eigenvalue weighted by molar-refractivity contribution is -0.132. The fourth-order valence-electron chi connectivity index (χ4n) is 2.16. The van der Waals surface area contributed by atoms with Crippen LogP contribution in [0.1, 0.15) is 6.42 Å². The monoisotopic (exact) mass is 315 g/mol. The number of nitrogens with zero attached hydrogens (tertiary/aromatic N) is 2. The zero-order chi connectivity index (χ0) is 14.5. The fourth-order valence-corrected chi connectivity index (χ4v) is 2.53. The first-order chi connectivity index (χ1) is 9.58. The minimum Gasteiger partial charge on any atom is -0.383 e. The molecule has 6 heteroatoms. The molecule has 1 aromatic rings. The van der Waals surface area contributed by atoms with Crippen LogP contribution in [0, 0.1) is 0 Å². The van der Waals surface area contributed by atoms with Crippen molar-refractivity contribution in [2.75, 3.05) is 45.1 Å². The average Bonchev–Trinajstić information content (AvgIpc) is 2.44. The van der Waals surface area contributed by atoms with E-state index < -0.39 is 0 Å². The molecule has 0 radical (unpaired) electrons. The number of hydrogen-bond acceptors (Lipinski definition) is 3. The Morgan fingerprint density at radius 2 is 1.95 bits per heavy atom. The Morgan fingerprint density at radius 3 is 2.65 bits per heavy atom. The molecule has 1 aliphatic heterocycles. The summed E-state index contributed by atoms with van der Waals surface area (Å²) in [5, 5.41) is 4.18. The molecule has 0 atom stereocenters. The topological polar surface area (TPSA) is 35.6 Å². The number of benzene rings is 1. The molecule has 1 N–H and O–H groups in total. The van der Waals surface area contributed by atoms with Crippen molar-refractivity contribution in [3.63, 3.8) is 0 Å². The van der Waals surface area contributed by atoms with E-state index >= 15 is 0 Å². The molecule has 0 aliphatic carbocycles. The number of nitrogens with one attached hydrogen (secondary N) is 1. The van der Waals surface area contributed by atoms with Crippen LogP contribution < -0.4 is 5.32 Å². The van der Waals surface area contributed by atoms with Gasteiger partial charge in [0.05, 0.1) is 15.7 Å². The zero-order valence-electron chi connectivity index (χ0n) is 11.5. The maximum Gasteiger partial charge on any atom is 0.224 e. The highest BCUT2D eigenvalue weighted by molar-refractivity contribution is 6.43. The van der Waals surface area contributed by atoms with Crippen molar-refractivity contribution in [1.29, 1.82) is 0 Å². The van der Waals surface area contributed by atoms with Crippen molar-refractivity contribution in [1.82, 2.24) is 9.80 Å². The molecular weight excluding hydrogens is 297 g/mol. The molecule has 110 valence electrons. The van der Waals surface area contributed by atoms with Gasteiger partial charge >= 0.3 is 0 Å². The van der Waals surface area contributed by atoms with Crippen LogP contribution in [0.4, 0.5) is 5.69 Å². The summed E-state index contributed by atoms with van der Waals surface area (Å²) in [4.78, 5) is 16.2. The summed E-state index contributed by atoms with van der Waals surface area (Å²) in [5.41, 5.74) is 0.769. The van der Waals surface area contributed by atoms with Gasteiger partial charge in [0, 0.05) is 39.1 Å². The number of hydrogen-bond donors (Lipinski definition) is 1. The molecule has 4 nitrogen and oxygen atoms in total. The van der Waals surface area contributed by atoms with Crippen molar-refractivity contribution < 1.29 is 4.79 Å². The molecule has 1 amide bonds. The highest BCUT2D eigenvalue weighted by Crippen LogP contribution is 2.29. The van der Waals surface area contributed by atoms with E-state index in [1.54, 1.807) is 6.07 Å². The van der Waals surface area contributed by atoms with Gasteiger partial charge < -0.3 is 15.1 Å². The molecule has 20 heavy (non-hydrogen) atoms. The Balaban J connectivity index is 1.78. The number of piperazine rings is 1. The first-order valence-corrected chi connectivity index (χ1v) is 7.47. The fraction of sp³-hybridized carbons (Fsp3) is 0.500. The lowest BCUT2D eigenvalue weighted by atomic mass is 10.2. The van der Waals surface area contributed by atoms with E-state index in [0.29, 0.717) is 23.0 Å². The Labute approximate surface area is 129 Å². The number of amides is 1. The van der Waals surface area contributed by atoms with Crippen molar-refractivity contribution in [3.8, 4) is 0 Å². The summed E-state index contributed by atoms with van der Waals surface area (Å²) in [6.07, 6.45) is 0.465. The number of likely N-dealkylation sites (N-methyl/N-ethyl adjacent to an activating group) is 1. The molecule has 1 fully saturated rings. The third-order valence-electron chi connectivity index (χ3n) is 3.46. The highest BCUT2D eigenvalue weighted by atomic mass is 35.5. The molecule has 1 heterocycles. The Kier molecular flexibility index (Phi) is 5.52. The maximum atomic E-state index is 12.1. The second-order valence-electron chi connectivity index (χ2n) is 4.96. The second-order valence-corrected chi connectivity index (χ2v) is 5.75. The molecule has 0 saturated carbocycles. The van der Waals surface area contributed by atoms with Gasteiger partial charge in [-0.1, -0.05) is 29.3 Å². The van der Waals surface area contributed by atoms with Crippen LogP contribution in [0.15, 0.2) is 18.2 Å². The van der Waals surface area contributed by atoms with Crippen molar-refractivity contribution in [3.05, 3.63) is 28.2 Å². The molecular formula is C14H19Cl2N3O. The van der Waals surface area contributed by atoms with Crippen LogP contribution in [-0.2, 0) is 4.79 Å². The molecule has 0 spiro atoms. The zero-order valence-corrected chi connectivity index (χ0v) is 13.0. The first-order valence-electron chi connectivity index (χ1n) is 6.72. The van der Waals surface area contributed by atoms with E-state index in [0.717, 1.165) is 31.9 Å². The highest BCUT2D eigenvalue weighted by Gasteiger charge is 2.18. The summed E-state index contributed by atoms with van der Waals surface area (Å²) in [6.45, 7) is 4.07. The predicted molar refractivity (Wildman–Crippen MR) is 83.6 cm³/mol. The third-order valence-corrected chi connectivity index (χ3v) is 4.28. The van der Waals surface area contributed by atoms with E-state index in [1.165, 1.54) is 0 Å². The van der Waals surface area contributed by atoms with Gasteiger partial charge in [-0.25, -0.2) is 0 Å². The van der Waals surface area contributed by atoms with Crippen LogP contribution in [0.25, 0.3) is 0 Å². The second kappa shape index (κ2) is 7.16. The predicted octanol–water partition coefficient (Wildman–Crippen LogP) is 2.57. The first kappa shape index (κ1) is 15.4. The van der Waals surface area contributed by atoms with Crippen molar-refractivity contribution in [2.45, 2.75) is 6.42 Å². The van der Waals surface area contributed by atoms with Gasteiger partial charge in [0.2, 0.25) is 5.91 Å². The number of anilines is 1. The molecule has 0 unspecified atom stereocenters. The van der Waals surface area contributed by atoms with Crippen LogP contribution in [0.2, 0.25) is 10.0 Å². The summed E-state index contributed by atoms with van der Waals surface area (Å²) in [6, 6.07) is 5.43. The van der Waals surface area contributed by atoms with Gasteiger partial charge in [-0.05, 0) is 19.2 Å². The lowest BCUT2D eigenvalue weighted by Crippen LogP contribution is -2.47. The third kappa shape index (κ3) is 4.01. The number of rotatable bonds is 4. The lowest BCUT2D eigenvalue weighted by Gasteiger charge is -2.32. The summed E-state index contributed by atoms with van der Waals surface area (Å²) in [7, 11) is 2.07. The van der Waals surface area contributed by atoms with Crippen molar-refractivity contribution in [2.24, 2.45) is 0 Å². The Bertz CT molecular complexity index is 473. The van der Waals surface area contributed by atoms with E-state index in [4.69, 9.17) is 23.2 Å². The number of carbonyl (C=O) groups is 1. The summed E-state index contributed by atoms with van der Waals surface area (Å²) >= 11 is 12.0. The van der Waals surface area contributed by atoms with Crippen LogP contribution >= 0.6 is 23.2 Å². The molecule has 1 aliphatic rings. The van der Waals surface area contributed by atoms with Crippen LogP contribution in [-0.4, -0.2) is 55.5 Å². The summed E-state index contributed by atoms with van der Waals surface area (Å²) in [5.74, 6) is 0.184. The van der Waals surface area contributed by atoms with Gasteiger partial charge in [-0.3, -0.25) is 4.79 Å². The molecule has 1 aromatic carbocycles. The van der Waals surface area contributed by atoms with E-state index in [-0.39, 0.29) is 5.91 Å². The largest absolute Gasteiger partial charge is 0.383 e. The van der Waals surface area contributed by atoms with E-state index in [9.17, 15) is 4.79 Å². The van der Waals surface area contributed by atoms with Gasteiger partial charge in [0.25, 0.3) is 0 Å². The Morgan fingerprint density at radius 1 is 1.25 bits per heavy atom. The maximum absolute atomic E-state index is 12.1. The minimum atomic E-state index is 0.184. The smallest absolute Gasteiger partial charge is 0.224 e. The van der Waals surface area contributed by atoms with E-state index in [2.05, 4.69) is 17.3 Å². The van der Waals surface area contributed by atoms with E-state index in [1.807, 2.05) is 17.0 Å². The number of halogens is 2. The molecule has 0 aromatic heterocycles. The Hall–Kier alpha value is -0.970. The normalized spacial score (nSPS) is 16.2. The quantitative estimate of drug-likeness (QED) is 0.927. The number of carbonyl (C=O) groups excluding carboxylic acids is 1. The van der Waals surface area contributed by atoms with Crippen molar-refractivity contribution >= 4 is 34.8 Å². The van der Waals surface area contributed by atoms with Crippen LogP contribution in [0.5, 0.6) is 0 Å². The molecule has 1 saturated heterocycles. The average molecular weight is 316 g/mol. The minimum absolute atomic E-state index is 0.184. The summed E-state index contributed by atoms with van der Waals surface area (Å²) < 4.78 is 0. The van der Waals surface area contributed by atoms with Gasteiger partial charge in [0.1, 0.15) is 0 Å². The standard InChI is InChI=1S/C14H19Cl2N3O/c1-18-7-9-19(10-8-18)13(20)5-6-17-12-4-2-3-11(15)14(12)16/h2-4,17H,5-10H2,1H3. The molecule has 2 rings (SSSR count). The van der Waals surface area contributed by atoms with Gasteiger partial charge in [-0.15, -0.1) is 0 Å². The SMILES string of the molecule is CN1CCN(C(=O)CCNc2cccc(Cl)c2Cl)CC1.